The van der Waals surface area contributed by atoms with Gasteiger partial charge in [-0.2, -0.15) is 11.3 Å². The molecular weight excluding hydrogens is 468 g/mol. The van der Waals surface area contributed by atoms with Crippen molar-refractivity contribution in [2.45, 2.75) is 78.5 Å². The molecule has 2 atom stereocenters. The minimum atomic E-state index is -0.814. The quantitative estimate of drug-likeness (QED) is 0.220. The van der Waals surface area contributed by atoms with Gasteiger partial charge in [0.15, 0.2) is 6.29 Å². The van der Waals surface area contributed by atoms with E-state index in [9.17, 15) is 9.59 Å². The largest absolute Gasteiger partial charge is 0.488 e. The average molecular weight is 507 g/mol. The summed E-state index contributed by atoms with van der Waals surface area (Å²) in [6.07, 6.45) is -0.222. The van der Waals surface area contributed by atoms with Crippen LogP contribution in [0.1, 0.15) is 52.7 Å². The Bertz CT molecular complexity index is 876. The van der Waals surface area contributed by atoms with Crippen LogP contribution in [0.2, 0.25) is 0 Å². The first kappa shape index (κ1) is 28.8. The Hall–Kier alpha value is -2.46. The maximum Gasteiger partial charge on any atom is 0.425 e. The lowest BCUT2D eigenvalue weighted by Gasteiger charge is -2.33. The van der Waals surface area contributed by atoms with E-state index in [2.05, 4.69) is 5.43 Å². The number of carbonyl (C=O) groups excluding carboxylic acids is 2. The van der Waals surface area contributed by atoms with Gasteiger partial charge in [-0.05, 0) is 76.1 Å². The van der Waals surface area contributed by atoms with Crippen LogP contribution < -0.4 is 10.2 Å². The van der Waals surface area contributed by atoms with Crippen molar-refractivity contribution in [3.8, 4) is 5.75 Å². The second-order valence-corrected chi connectivity index (χ2v) is 9.80. The van der Waals surface area contributed by atoms with E-state index in [4.69, 9.17) is 18.9 Å². The normalized spacial score (nSPS) is 13.3. The number of hydrogen-bond acceptors (Lipinski definition) is 8. The van der Waals surface area contributed by atoms with E-state index in [0.717, 1.165) is 23.2 Å². The van der Waals surface area contributed by atoms with E-state index in [0.29, 0.717) is 19.6 Å². The molecule has 0 aliphatic heterocycles. The van der Waals surface area contributed by atoms with Crippen LogP contribution in [-0.4, -0.2) is 54.6 Å². The van der Waals surface area contributed by atoms with Gasteiger partial charge in [-0.25, -0.2) is 15.2 Å². The summed E-state index contributed by atoms with van der Waals surface area (Å²) >= 11 is 1.52. The Morgan fingerprint density at radius 2 is 1.74 bits per heavy atom. The predicted octanol–water partition coefficient (Wildman–Crippen LogP) is 4.97. The summed E-state index contributed by atoms with van der Waals surface area (Å²) in [5.74, 6) is 0.735. The van der Waals surface area contributed by atoms with Crippen LogP contribution in [-0.2, 0) is 32.0 Å². The minimum absolute atomic E-state index is 0.111. The van der Waals surface area contributed by atoms with Crippen molar-refractivity contribution in [1.82, 2.24) is 10.4 Å². The number of ether oxygens (including phenoxy) is 4. The predicted molar refractivity (Wildman–Crippen MR) is 136 cm³/mol. The van der Waals surface area contributed by atoms with Gasteiger partial charge in [0, 0.05) is 25.2 Å². The Morgan fingerprint density at radius 3 is 2.26 bits per heavy atom. The van der Waals surface area contributed by atoms with Crippen LogP contribution in [0, 0.1) is 0 Å². The number of nitrogens with one attached hydrogen (secondary N) is 1. The van der Waals surface area contributed by atoms with E-state index < -0.39 is 24.5 Å². The molecule has 8 nitrogen and oxygen atoms in total. The molecule has 0 saturated carbocycles. The van der Waals surface area contributed by atoms with Gasteiger partial charge in [0.2, 0.25) is 0 Å². The highest BCUT2D eigenvalue weighted by Gasteiger charge is 2.30. The summed E-state index contributed by atoms with van der Waals surface area (Å²) in [4.78, 5) is 25.3. The first-order valence-electron chi connectivity index (χ1n) is 11.9. The molecule has 9 heteroatoms. The zero-order valence-corrected chi connectivity index (χ0v) is 22.3. The molecule has 2 aromatic rings. The van der Waals surface area contributed by atoms with Crippen molar-refractivity contribution in [1.29, 1.82) is 0 Å². The van der Waals surface area contributed by atoms with E-state index in [1.54, 1.807) is 0 Å². The third kappa shape index (κ3) is 9.97. The molecule has 0 aliphatic carbocycles. The first-order valence-corrected chi connectivity index (χ1v) is 12.8. The topological polar surface area (TPSA) is 86.3 Å². The second-order valence-electron chi connectivity index (χ2n) is 9.02. The summed E-state index contributed by atoms with van der Waals surface area (Å²) in [6.45, 7) is 12.5. The Balaban J connectivity index is 2.19. The number of nitrogens with zero attached hydrogens (tertiary/aromatic N) is 1. The zero-order chi connectivity index (χ0) is 25.8. The van der Waals surface area contributed by atoms with Gasteiger partial charge in [-0.3, -0.25) is 0 Å². The van der Waals surface area contributed by atoms with Gasteiger partial charge in [0.05, 0.1) is 6.04 Å². The van der Waals surface area contributed by atoms with E-state index in [1.165, 1.54) is 16.3 Å². The van der Waals surface area contributed by atoms with Gasteiger partial charge < -0.3 is 23.7 Å². The number of amides is 1. The van der Waals surface area contributed by atoms with Gasteiger partial charge in [0.1, 0.15) is 30.3 Å². The number of rotatable bonds is 14. The van der Waals surface area contributed by atoms with Crippen LogP contribution >= 0.6 is 11.3 Å². The smallest absolute Gasteiger partial charge is 0.425 e. The summed E-state index contributed by atoms with van der Waals surface area (Å²) < 4.78 is 22.7. The number of hydrazine groups is 1. The molecule has 1 amide bonds. The Labute approximate surface area is 212 Å². The lowest BCUT2D eigenvalue weighted by molar-refractivity contribution is -0.160. The summed E-state index contributed by atoms with van der Waals surface area (Å²) in [5, 5.41) is 5.05. The maximum atomic E-state index is 13.1. The van der Waals surface area contributed by atoms with Crippen molar-refractivity contribution < 1.29 is 28.5 Å². The molecule has 0 radical (unpaired) electrons. The molecule has 1 unspecified atom stereocenters. The number of thiophene rings is 1. The molecule has 0 bridgehead atoms. The monoisotopic (exact) mass is 506 g/mol. The Kier molecular flexibility index (Phi) is 11.7. The summed E-state index contributed by atoms with van der Waals surface area (Å²) in [7, 11) is 0. The molecule has 1 aromatic heterocycles. The van der Waals surface area contributed by atoms with Gasteiger partial charge in [0.25, 0.3) is 0 Å². The SMILES string of the molecule is CCOC(OCC)[C@H](C)NN(C(=O)OCc1ccsc1)C(C=O)Cc1ccc(OC(C)(C)C)cc1. The van der Waals surface area contributed by atoms with Crippen LogP contribution in [0.5, 0.6) is 5.75 Å². The van der Waals surface area contributed by atoms with E-state index in [1.807, 2.05) is 82.6 Å². The summed E-state index contributed by atoms with van der Waals surface area (Å²) in [5.41, 5.74) is 4.53. The highest BCUT2D eigenvalue weighted by atomic mass is 32.1. The minimum Gasteiger partial charge on any atom is -0.488 e. The lowest BCUT2D eigenvalue weighted by Crippen LogP contribution is -2.57. The molecule has 1 N–H and O–H groups in total. The summed E-state index contributed by atoms with van der Waals surface area (Å²) in [6, 6.07) is 8.14. The van der Waals surface area contributed by atoms with Crippen molar-refractivity contribution in [2.24, 2.45) is 0 Å². The van der Waals surface area contributed by atoms with Gasteiger partial charge in [-0.15, -0.1) is 0 Å². The van der Waals surface area contributed by atoms with E-state index in [-0.39, 0.29) is 12.2 Å². The van der Waals surface area contributed by atoms with Crippen LogP contribution in [0.15, 0.2) is 41.1 Å². The fraction of sp³-hybridized carbons (Fsp3) is 0.538. The molecular formula is C26H38N2O6S. The third-order valence-corrected chi connectivity index (χ3v) is 5.56. The molecule has 1 aromatic carbocycles. The van der Waals surface area contributed by atoms with Crippen LogP contribution in [0.25, 0.3) is 0 Å². The van der Waals surface area contributed by atoms with Crippen molar-refractivity contribution in [3.63, 3.8) is 0 Å². The standard InChI is InChI=1S/C26H38N2O6S/c1-7-31-24(32-8-2)19(3)27-28(25(30)33-17-21-13-14-35-18-21)22(16-29)15-20-9-11-23(12-10-20)34-26(4,5)6/h9-14,16,18-19,22,24,27H,7-8,15,17H2,1-6H3/t19-,22?/m0/s1. The number of carbonyl (C=O) groups is 2. The van der Waals surface area contributed by atoms with Gasteiger partial charge >= 0.3 is 6.09 Å². The molecule has 0 fully saturated rings. The van der Waals surface area contributed by atoms with E-state index >= 15 is 0 Å². The average Bonchev–Trinajstić information content (AvgIpc) is 3.33. The molecule has 1 heterocycles. The highest BCUT2D eigenvalue weighted by molar-refractivity contribution is 7.07. The Morgan fingerprint density at radius 1 is 1.09 bits per heavy atom. The second kappa shape index (κ2) is 14.2. The van der Waals surface area contributed by atoms with Gasteiger partial charge in [-0.1, -0.05) is 12.1 Å². The lowest BCUT2D eigenvalue weighted by atomic mass is 10.1. The highest BCUT2D eigenvalue weighted by Crippen LogP contribution is 2.20. The first-order chi connectivity index (χ1) is 16.7. The number of aldehydes is 1. The van der Waals surface area contributed by atoms with Crippen LogP contribution in [0.4, 0.5) is 4.79 Å². The molecule has 0 saturated heterocycles. The third-order valence-electron chi connectivity index (χ3n) is 4.83. The molecule has 35 heavy (non-hydrogen) atoms. The van der Waals surface area contributed by atoms with Crippen molar-refractivity contribution >= 4 is 23.7 Å². The van der Waals surface area contributed by atoms with Crippen molar-refractivity contribution in [3.05, 3.63) is 52.2 Å². The zero-order valence-electron chi connectivity index (χ0n) is 21.5. The van der Waals surface area contributed by atoms with Crippen LogP contribution in [0.3, 0.4) is 0 Å². The fourth-order valence-electron chi connectivity index (χ4n) is 3.31. The molecule has 194 valence electrons. The number of hydrogen-bond donors (Lipinski definition) is 1. The molecule has 2 rings (SSSR count). The van der Waals surface area contributed by atoms with Crippen molar-refractivity contribution in [2.75, 3.05) is 13.2 Å². The maximum absolute atomic E-state index is 13.1. The molecule has 0 spiro atoms. The molecule has 0 aliphatic rings. The fourth-order valence-corrected chi connectivity index (χ4v) is 3.96. The number of benzene rings is 1.